The summed E-state index contributed by atoms with van der Waals surface area (Å²) in [5, 5.41) is 11.3. The number of nitrogens with one attached hydrogen (secondary N) is 1. The number of anilines is 2. The number of carbonyl (C=O) groups excluding carboxylic acids is 1. The molecular formula is C18H21F2N5O3S. The zero-order chi connectivity index (χ0) is 21.0. The zero-order valence-corrected chi connectivity index (χ0v) is 16.6. The minimum atomic E-state index is -4.87. The van der Waals surface area contributed by atoms with Crippen molar-refractivity contribution in [3.63, 3.8) is 0 Å². The van der Waals surface area contributed by atoms with Crippen LogP contribution in [0.15, 0.2) is 41.3 Å². The van der Waals surface area contributed by atoms with E-state index in [2.05, 4.69) is 15.5 Å². The molecule has 0 aliphatic carbocycles. The van der Waals surface area contributed by atoms with Crippen LogP contribution in [-0.4, -0.2) is 67.9 Å². The number of alkyl halides is 2. The van der Waals surface area contributed by atoms with Gasteiger partial charge in [-0.3, -0.25) is 4.79 Å². The van der Waals surface area contributed by atoms with Crippen molar-refractivity contribution in [3.05, 3.63) is 42.0 Å². The van der Waals surface area contributed by atoms with Crippen LogP contribution < -0.4 is 10.2 Å². The number of carbonyl (C=O) groups is 1. The van der Waals surface area contributed by atoms with Crippen molar-refractivity contribution in [2.75, 3.05) is 42.9 Å². The summed E-state index contributed by atoms with van der Waals surface area (Å²) >= 11 is 0. The van der Waals surface area contributed by atoms with Gasteiger partial charge in [0.2, 0.25) is 9.84 Å². The van der Waals surface area contributed by atoms with Gasteiger partial charge in [0.05, 0.1) is 10.5 Å². The van der Waals surface area contributed by atoms with Gasteiger partial charge in [-0.15, -0.1) is 10.2 Å². The first kappa shape index (κ1) is 20.9. The lowest BCUT2D eigenvalue weighted by molar-refractivity contribution is 0.0742. The number of amides is 1. The molecule has 1 aromatic heterocycles. The largest absolute Gasteiger partial charge is 0.369 e. The maximum atomic E-state index is 13.0. The molecule has 0 radical (unpaired) electrons. The summed E-state index contributed by atoms with van der Waals surface area (Å²) in [4.78, 5) is 15.6. The van der Waals surface area contributed by atoms with Crippen molar-refractivity contribution < 1.29 is 22.0 Å². The Kier molecular flexibility index (Phi) is 6.26. The Morgan fingerprint density at radius 3 is 2.38 bits per heavy atom. The second-order valence-electron chi connectivity index (χ2n) is 6.39. The predicted octanol–water partition coefficient (Wildman–Crippen LogP) is 1.87. The molecule has 1 amide bonds. The van der Waals surface area contributed by atoms with E-state index in [1.54, 1.807) is 0 Å². The molecule has 2 heterocycles. The molecule has 11 heteroatoms. The molecular weight excluding hydrogens is 404 g/mol. The fraction of sp³-hybridized carbons (Fsp3) is 0.389. The van der Waals surface area contributed by atoms with Crippen LogP contribution in [-0.2, 0) is 9.84 Å². The van der Waals surface area contributed by atoms with Crippen LogP contribution in [0.25, 0.3) is 0 Å². The SMILES string of the molecule is CCNc1ccc(N2CCN(C(=O)c3ccccc3S(=O)(=O)C(F)F)CC2)nn1. The monoisotopic (exact) mass is 425 g/mol. The lowest BCUT2D eigenvalue weighted by Crippen LogP contribution is -2.49. The van der Waals surface area contributed by atoms with E-state index >= 15 is 0 Å². The molecule has 1 saturated heterocycles. The third-order valence-electron chi connectivity index (χ3n) is 4.56. The Morgan fingerprint density at radius 1 is 1.10 bits per heavy atom. The van der Waals surface area contributed by atoms with Crippen LogP contribution in [0, 0.1) is 0 Å². The average molecular weight is 425 g/mol. The normalized spacial score (nSPS) is 14.9. The molecule has 3 rings (SSSR count). The van der Waals surface area contributed by atoms with Gasteiger partial charge < -0.3 is 15.1 Å². The Bertz CT molecular complexity index is 962. The number of benzene rings is 1. The molecule has 0 bridgehead atoms. The zero-order valence-electron chi connectivity index (χ0n) is 15.8. The number of hydrogen-bond acceptors (Lipinski definition) is 7. The summed E-state index contributed by atoms with van der Waals surface area (Å²) in [7, 11) is -4.87. The number of hydrogen-bond donors (Lipinski definition) is 1. The van der Waals surface area contributed by atoms with Crippen LogP contribution >= 0.6 is 0 Å². The maximum Gasteiger partial charge on any atom is 0.341 e. The molecule has 1 N–H and O–H groups in total. The van der Waals surface area contributed by atoms with Crippen LogP contribution in [0.1, 0.15) is 17.3 Å². The van der Waals surface area contributed by atoms with Crippen LogP contribution in [0.5, 0.6) is 0 Å². The van der Waals surface area contributed by atoms with E-state index in [0.29, 0.717) is 37.8 Å². The molecule has 29 heavy (non-hydrogen) atoms. The average Bonchev–Trinajstić information content (AvgIpc) is 2.74. The molecule has 1 fully saturated rings. The van der Waals surface area contributed by atoms with Gasteiger partial charge in [-0.25, -0.2) is 8.42 Å². The number of sulfone groups is 1. The molecule has 0 unspecified atom stereocenters. The van der Waals surface area contributed by atoms with Crippen molar-refractivity contribution in [2.24, 2.45) is 0 Å². The predicted molar refractivity (Wildman–Crippen MR) is 104 cm³/mol. The number of rotatable bonds is 6. The van der Waals surface area contributed by atoms with Crippen molar-refractivity contribution in [2.45, 2.75) is 17.6 Å². The van der Waals surface area contributed by atoms with Gasteiger partial charge in [0.25, 0.3) is 5.91 Å². The lowest BCUT2D eigenvalue weighted by Gasteiger charge is -2.35. The highest BCUT2D eigenvalue weighted by Gasteiger charge is 2.33. The highest BCUT2D eigenvalue weighted by molar-refractivity contribution is 7.91. The molecule has 0 atom stereocenters. The minimum absolute atomic E-state index is 0.240. The fourth-order valence-electron chi connectivity index (χ4n) is 3.07. The van der Waals surface area contributed by atoms with Gasteiger partial charge in [0, 0.05) is 32.7 Å². The Hall–Kier alpha value is -2.82. The molecule has 1 aliphatic heterocycles. The van der Waals surface area contributed by atoms with Crippen molar-refractivity contribution in [1.82, 2.24) is 15.1 Å². The Balaban J connectivity index is 1.71. The molecule has 0 saturated carbocycles. The van der Waals surface area contributed by atoms with Crippen molar-refractivity contribution >= 4 is 27.4 Å². The van der Waals surface area contributed by atoms with Gasteiger partial charge in [-0.2, -0.15) is 8.78 Å². The molecule has 8 nitrogen and oxygen atoms in total. The molecule has 0 spiro atoms. The van der Waals surface area contributed by atoms with Crippen molar-refractivity contribution in [1.29, 1.82) is 0 Å². The highest BCUT2D eigenvalue weighted by atomic mass is 32.2. The Morgan fingerprint density at radius 2 is 1.79 bits per heavy atom. The third kappa shape index (κ3) is 4.44. The first-order valence-corrected chi connectivity index (χ1v) is 10.6. The van der Waals surface area contributed by atoms with Crippen LogP contribution in [0.3, 0.4) is 0 Å². The van der Waals surface area contributed by atoms with Gasteiger partial charge in [-0.1, -0.05) is 12.1 Å². The summed E-state index contributed by atoms with van der Waals surface area (Å²) in [5.41, 5.74) is -0.240. The number of halogens is 2. The van der Waals surface area contributed by atoms with Crippen LogP contribution in [0.2, 0.25) is 0 Å². The van der Waals surface area contributed by atoms with Gasteiger partial charge in [-0.05, 0) is 31.2 Å². The van der Waals surface area contributed by atoms with E-state index in [-0.39, 0.29) is 5.56 Å². The number of aromatic nitrogens is 2. The van der Waals surface area contributed by atoms with E-state index < -0.39 is 26.4 Å². The van der Waals surface area contributed by atoms with E-state index in [4.69, 9.17) is 0 Å². The lowest BCUT2D eigenvalue weighted by atomic mass is 10.2. The number of piperazine rings is 1. The first-order chi connectivity index (χ1) is 13.8. The molecule has 1 aromatic carbocycles. The Labute approximate surface area is 167 Å². The molecule has 2 aromatic rings. The van der Waals surface area contributed by atoms with E-state index in [1.807, 2.05) is 24.0 Å². The van der Waals surface area contributed by atoms with Gasteiger partial charge in [0.15, 0.2) is 5.82 Å². The number of nitrogens with zero attached hydrogens (tertiary/aromatic N) is 4. The second kappa shape index (κ2) is 8.68. The van der Waals surface area contributed by atoms with E-state index in [9.17, 15) is 22.0 Å². The molecule has 1 aliphatic rings. The summed E-state index contributed by atoms with van der Waals surface area (Å²) in [6.45, 7) is 4.22. The van der Waals surface area contributed by atoms with Gasteiger partial charge in [0.1, 0.15) is 5.82 Å². The maximum absolute atomic E-state index is 13.0. The summed E-state index contributed by atoms with van der Waals surface area (Å²) in [6, 6.07) is 8.71. The smallest absolute Gasteiger partial charge is 0.341 e. The first-order valence-electron chi connectivity index (χ1n) is 9.07. The topological polar surface area (TPSA) is 95.5 Å². The summed E-state index contributed by atoms with van der Waals surface area (Å²) in [6.07, 6.45) is 0. The summed E-state index contributed by atoms with van der Waals surface area (Å²) in [5.74, 6) is -2.84. The standard InChI is InChI=1S/C18H21F2N5O3S/c1-2-21-15-7-8-16(23-22-15)24-9-11-25(12-10-24)17(26)13-5-3-4-6-14(13)29(27,28)18(19)20/h3-8,18H,2,9-12H2,1H3,(H,21,22). The third-order valence-corrected chi connectivity index (χ3v) is 6.00. The van der Waals surface area contributed by atoms with Crippen molar-refractivity contribution in [3.8, 4) is 0 Å². The fourth-order valence-corrected chi connectivity index (χ4v) is 3.99. The summed E-state index contributed by atoms with van der Waals surface area (Å²) < 4.78 is 49.7. The second-order valence-corrected chi connectivity index (χ2v) is 8.27. The van der Waals surface area contributed by atoms with E-state index in [0.717, 1.165) is 12.6 Å². The van der Waals surface area contributed by atoms with Crippen LogP contribution in [0.4, 0.5) is 20.4 Å². The minimum Gasteiger partial charge on any atom is -0.369 e. The quantitative estimate of drug-likeness (QED) is 0.755. The highest BCUT2D eigenvalue weighted by Crippen LogP contribution is 2.24. The molecule has 156 valence electrons. The van der Waals surface area contributed by atoms with Gasteiger partial charge >= 0.3 is 5.76 Å². The van der Waals surface area contributed by atoms with E-state index in [1.165, 1.54) is 23.1 Å².